The van der Waals surface area contributed by atoms with Crippen molar-refractivity contribution >= 4 is 28.9 Å². The highest BCUT2D eigenvalue weighted by Gasteiger charge is 2.29. The second-order valence-corrected chi connectivity index (χ2v) is 7.89. The van der Waals surface area contributed by atoms with Crippen LogP contribution in [0.25, 0.3) is 10.9 Å². The van der Waals surface area contributed by atoms with E-state index in [-0.39, 0.29) is 18.9 Å². The standard InChI is InChI=1S/C24H27N3O5/c1-15(2)21(23(29)30)27-22(28)20(12-17-13-25-19-11-7-6-10-18(17)19)26-24(31)32-14-16-8-4-3-5-9-16/h3-11,13,15,20-21,25H,12,14H2,1-2H3,(H,26,31)(H,27,28)(H,29,30)/t20-,21-/m0/s1. The Morgan fingerprint density at radius 2 is 1.69 bits per heavy atom. The van der Waals surface area contributed by atoms with E-state index in [1.807, 2.05) is 54.6 Å². The lowest BCUT2D eigenvalue weighted by molar-refractivity contribution is -0.143. The van der Waals surface area contributed by atoms with Gasteiger partial charge in [0.2, 0.25) is 5.91 Å². The number of amides is 2. The molecular formula is C24H27N3O5. The highest BCUT2D eigenvalue weighted by Crippen LogP contribution is 2.19. The third-order valence-corrected chi connectivity index (χ3v) is 5.15. The summed E-state index contributed by atoms with van der Waals surface area (Å²) in [6.07, 6.45) is 1.19. The Morgan fingerprint density at radius 1 is 1.00 bits per heavy atom. The van der Waals surface area contributed by atoms with E-state index >= 15 is 0 Å². The zero-order chi connectivity index (χ0) is 23.1. The first-order valence-electron chi connectivity index (χ1n) is 10.4. The van der Waals surface area contributed by atoms with Gasteiger partial charge < -0.3 is 25.5 Å². The van der Waals surface area contributed by atoms with E-state index in [0.717, 1.165) is 22.0 Å². The molecule has 0 aliphatic heterocycles. The number of hydrogen-bond acceptors (Lipinski definition) is 4. The Labute approximate surface area is 186 Å². The number of aromatic amines is 1. The van der Waals surface area contributed by atoms with E-state index in [4.69, 9.17) is 4.74 Å². The molecule has 0 saturated heterocycles. The van der Waals surface area contributed by atoms with Crippen molar-refractivity contribution in [1.82, 2.24) is 15.6 Å². The van der Waals surface area contributed by atoms with Crippen molar-refractivity contribution in [2.75, 3.05) is 0 Å². The first-order chi connectivity index (χ1) is 15.3. The lowest BCUT2D eigenvalue weighted by Gasteiger charge is -2.23. The summed E-state index contributed by atoms with van der Waals surface area (Å²) in [4.78, 5) is 40.1. The number of aromatic nitrogens is 1. The number of carboxylic acids is 1. The molecule has 168 valence electrons. The van der Waals surface area contributed by atoms with Crippen molar-refractivity contribution < 1.29 is 24.2 Å². The van der Waals surface area contributed by atoms with Gasteiger partial charge in [0, 0.05) is 23.5 Å². The molecule has 8 nitrogen and oxygen atoms in total. The van der Waals surface area contributed by atoms with Gasteiger partial charge in [0.1, 0.15) is 18.7 Å². The molecule has 0 aliphatic rings. The van der Waals surface area contributed by atoms with Gasteiger partial charge in [-0.05, 0) is 23.1 Å². The summed E-state index contributed by atoms with van der Waals surface area (Å²) < 4.78 is 5.26. The quantitative estimate of drug-likeness (QED) is 0.410. The van der Waals surface area contributed by atoms with E-state index in [1.165, 1.54) is 0 Å². The molecule has 0 spiro atoms. The van der Waals surface area contributed by atoms with Crippen LogP contribution in [0.4, 0.5) is 4.79 Å². The third kappa shape index (κ3) is 5.87. The first-order valence-corrected chi connectivity index (χ1v) is 10.4. The van der Waals surface area contributed by atoms with Crippen LogP contribution in [-0.2, 0) is 27.4 Å². The largest absolute Gasteiger partial charge is 0.480 e. The maximum atomic E-state index is 13.0. The zero-order valence-corrected chi connectivity index (χ0v) is 18.0. The molecule has 2 atom stereocenters. The molecule has 1 aromatic heterocycles. The lowest BCUT2D eigenvalue weighted by Crippen LogP contribution is -2.53. The molecule has 0 unspecified atom stereocenters. The summed E-state index contributed by atoms with van der Waals surface area (Å²) in [6, 6.07) is 14.7. The minimum Gasteiger partial charge on any atom is -0.480 e. The van der Waals surface area contributed by atoms with E-state index in [9.17, 15) is 19.5 Å². The Kier molecular flexibility index (Phi) is 7.49. The number of fused-ring (bicyclic) bond motifs is 1. The second-order valence-electron chi connectivity index (χ2n) is 7.89. The number of rotatable bonds is 9. The predicted octanol–water partition coefficient (Wildman–Crippen LogP) is 3.23. The maximum absolute atomic E-state index is 13.0. The van der Waals surface area contributed by atoms with Gasteiger partial charge in [-0.25, -0.2) is 9.59 Å². The lowest BCUT2D eigenvalue weighted by atomic mass is 10.0. The molecule has 0 radical (unpaired) electrons. The molecular weight excluding hydrogens is 410 g/mol. The molecule has 3 aromatic rings. The second kappa shape index (κ2) is 10.5. The van der Waals surface area contributed by atoms with Crippen LogP contribution < -0.4 is 10.6 Å². The highest BCUT2D eigenvalue weighted by atomic mass is 16.5. The minimum atomic E-state index is -1.13. The maximum Gasteiger partial charge on any atom is 0.408 e. The van der Waals surface area contributed by atoms with Crippen LogP contribution in [0, 0.1) is 5.92 Å². The molecule has 2 aromatic carbocycles. The van der Waals surface area contributed by atoms with E-state index in [0.29, 0.717) is 0 Å². The van der Waals surface area contributed by atoms with Crippen molar-refractivity contribution in [3.63, 3.8) is 0 Å². The third-order valence-electron chi connectivity index (χ3n) is 5.15. The first kappa shape index (κ1) is 22.9. The van der Waals surface area contributed by atoms with Crippen LogP contribution in [0.3, 0.4) is 0 Å². The Hall–Kier alpha value is -3.81. The number of nitrogens with one attached hydrogen (secondary N) is 3. The molecule has 32 heavy (non-hydrogen) atoms. The summed E-state index contributed by atoms with van der Waals surface area (Å²) in [7, 11) is 0. The topological polar surface area (TPSA) is 121 Å². The Morgan fingerprint density at radius 3 is 2.38 bits per heavy atom. The van der Waals surface area contributed by atoms with Crippen molar-refractivity contribution in [2.45, 2.75) is 39.0 Å². The molecule has 0 bridgehead atoms. The number of carbonyl (C=O) groups excluding carboxylic acids is 2. The van der Waals surface area contributed by atoms with Gasteiger partial charge in [0.15, 0.2) is 0 Å². The van der Waals surface area contributed by atoms with Crippen molar-refractivity contribution in [1.29, 1.82) is 0 Å². The number of para-hydroxylation sites is 1. The molecule has 8 heteroatoms. The van der Waals surface area contributed by atoms with Crippen LogP contribution in [0.2, 0.25) is 0 Å². The number of hydrogen-bond donors (Lipinski definition) is 4. The average Bonchev–Trinajstić information content (AvgIpc) is 3.18. The van der Waals surface area contributed by atoms with Crippen LogP contribution in [0.1, 0.15) is 25.0 Å². The van der Waals surface area contributed by atoms with E-state index in [1.54, 1.807) is 20.0 Å². The van der Waals surface area contributed by atoms with Gasteiger partial charge in [0.05, 0.1) is 0 Å². The molecule has 1 heterocycles. The Bertz CT molecular complexity index is 1080. The van der Waals surface area contributed by atoms with Gasteiger partial charge in [-0.2, -0.15) is 0 Å². The SMILES string of the molecule is CC(C)[C@H](NC(=O)[C@H](Cc1c[nH]c2ccccc12)NC(=O)OCc1ccccc1)C(=O)O. The molecule has 3 rings (SSSR count). The van der Waals surface area contributed by atoms with Crippen molar-refractivity contribution in [2.24, 2.45) is 5.92 Å². The fourth-order valence-corrected chi connectivity index (χ4v) is 3.40. The number of H-pyrrole nitrogens is 1. The van der Waals surface area contributed by atoms with Gasteiger partial charge in [-0.1, -0.05) is 62.4 Å². The summed E-state index contributed by atoms with van der Waals surface area (Å²) in [5.74, 6) is -2.05. The van der Waals surface area contributed by atoms with Crippen LogP contribution >= 0.6 is 0 Å². The molecule has 4 N–H and O–H groups in total. The van der Waals surface area contributed by atoms with Crippen LogP contribution in [0.5, 0.6) is 0 Å². The monoisotopic (exact) mass is 437 g/mol. The smallest absolute Gasteiger partial charge is 0.408 e. The van der Waals surface area contributed by atoms with Crippen molar-refractivity contribution in [3.05, 3.63) is 71.9 Å². The minimum absolute atomic E-state index is 0.0534. The van der Waals surface area contributed by atoms with Gasteiger partial charge in [-0.3, -0.25) is 4.79 Å². The summed E-state index contributed by atoms with van der Waals surface area (Å²) in [5.41, 5.74) is 2.53. The van der Waals surface area contributed by atoms with E-state index < -0.39 is 30.1 Å². The summed E-state index contributed by atoms with van der Waals surface area (Å²) >= 11 is 0. The van der Waals surface area contributed by atoms with Crippen molar-refractivity contribution in [3.8, 4) is 0 Å². The zero-order valence-electron chi connectivity index (χ0n) is 18.0. The average molecular weight is 437 g/mol. The van der Waals surface area contributed by atoms with Gasteiger partial charge in [0.25, 0.3) is 0 Å². The highest BCUT2D eigenvalue weighted by molar-refractivity contribution is 5.90. The molecule has 2 amide bonds. The van der Waals surface area contributed by atoms with Crippen LogP contribution in [-0.4, -0.2) is 40.1 Å². The number of ether oxygens (including phenoxy) is 1. The number of alkyl carbamates (subject to hydrolysis) is 1. The normalized spacial score (nSPS) is 12.8. The predicted molar refractivity (Wildman–Crippen MR) is 120 cm³/mol. The number of carbonyl (C=O) groups is 3. The van der Waals surface area contributed by atoms with Gasteiger partial charge >= 0.3 is 12.1 Å². The molecule has 0 aliphatic carbocycles. The molecule has 0 fully saturated rings. The molecule has 0 saturated carbocycles. The number of aliphatic carboxylic acids is 1. The summed E-state index contributed by atoms with van der Waals surface area (Å²) in [5, 5.41) is 15.5. The fraction of sp³-hybridized carbons (Fsp3) is 0.292. The number of carboxylic acid groups (broad SMARTS) is 1. The fourth-order valence-electron chi connectivity index (χ4n) is 3.40. The Balaban J connectivity index is 1.75. The van der Waals surface area contributed by atoms with Crippen LogP contribution in [0.15, 0.2) is 60.8 Å². The van der Waals surface area contributed by atoms with E-state index in [2.05, 4.69) is 15.6 Å². The summed E-state index contributed by atoms with van der Waals surface area (Å²) in [6.45, 7) is 3.46. The van der Waals surface area contributed by atoms with Gasteiger partial charge in [-0.15, -0.1) is 0 Å². The number of benzene rings is 2.